The molecule has 2 aliphatic heterocycles. The zero-order valence-corrected chi connectivity index (χ0v) is 17.2. The van der Waals surface area contributed by atoms with E-state index in [-0.39, 0.29) is 18.4 Å². The van der Waals surface area contributed by atoms with Crippen molar-refractivity contribution in [1.82, 2.24) is 20.1 Å². The topological polar surface area (TPSA) is 70.1 Å². The average molecular weight is 434 g/mol. The van der Waals surface area contributed by atoms with E-state index in [2.05, 4.69) is 20.2 Å². The van der Waals surface area contributed by atoms with Crippen molar-refractivity contribution in [2.75, 3.05) is 45.9 Å². The van der Waals surface area contributed by atoms with E-state index >= 15 is 0 Å². The van der Waals surface area contributed by atoms with Gasteiger partial charge in [-0.15, -0.1) is 11.3 Å². The summed E-state index contributed by atoms with van der Waals surface area (Å²) in [5.74, 6) is 0.839. The summed E-state index contributed by atoms with van der Waals surface area (Å²) in [7, 11) is 0. The van der Waals surface area contributed by atoms with Crippen LogP contribution in [0.4, 0.5) is 13.2 Å². The molecule has 29 heavy (non-hydrogen) atoms. The standard InChI is InChI=1S/C18H26F3N5O2S/c1-2-22-17(23-11-15-24-14(12-29-15)18(19,20)21)26-5-3-13(4-6-26)16(27)25-7-9-28-10-8-25/h12-13H,2-11H2,1H3,(H,22,23). The van der Waals surface area contributed by atoms with Crippen molar-refractivity contribution in [2.45, 2.75) is 32.5 Å². The third-order valence-corrected chi connectivity index (χ3v) is 5.84. The highest BCUT2D eigenvalue weighted by Gasteiger charge is 2.34. The molecular weight excluding hydrogens is 407 g/mol. The molecule has 1 N–H and O–H groups in total. The number of guanidine groups is 1. The third kappa shape index (κ3) is 5.81. The number of piperidine rings is 1. The summed E-state index contributed by atoms with van der Waals surface area (Å²) in [5, 5.41) is 4.52. The lowest BCUT2D eigenvalue weighted by molar-refractivity contribution is -0.141. The van der Waals surface area contributed by atoms with Gasteiger partial charge in [-0.05, 0) is 19.8 Å². The molecule has 7 nitrogen and oxygen atoms in total. The van der Waals surface area contributed by atoms with Crippen LogP contribution < -0.4 is 5.32 Å². The number of carbonyl (C=O) groups excluding carboxylic acids is 1. The predicted molar refractivity (Wildman–Crippen MR) is 104 cm³/mol. The number of aromatic nitrogens is 1. The van der Waals surface area contributed by atoms with Crippen LogP contribution in [0.5, 0.6) is 0 Å². The molecular formula is C18H26F3N5O2S. The fourth-order valence-electron chi connectivity index (χ4n) is 3.46. The Bertz CT molecular complexity index is 711. The maximum absolute atomic E-state index is 12.7. The molecule has 11 heteroatoms. The van der Waals surface area contributed by atoms with Crippen molar-refractivity contribution in [2.24, 2.45) is 10.9 Å². The third-order valence-electron chi connectivity index (χ3n) is 5.01. The Kier molecular flexibility index (Phi) is 7.33. The fraction of sp³-hybridized carbons (Fsp3) is 0.722. The van der Waals surface area contributed by atoms with Gasteiger partial charge >= 0.3 is 6.18 Å². The van der Waals surface area contributed by atoms with Crippen LogP contribution in [-0.2, 0) is 22.3 Å². The van der Waals surface area contributed by atoms with Crippen LogP contribution in [0.15, 0.2) is 10.4 Å². The van der Waals surface area contributed by atoms with Crippen LogP contribution in [0.25, 0.3) is 0 Å². The number of hydrogen-bond acceptors (Lipinski definition) is 5. The number of nitrogens with one attached hydrogen (secondary N) is 1. The molecule has 2 fully saturated rings. The Morgan fingerprint density at radius 1 is 1.28 bits per heavy atom. The first kappa shape index (κ1) is 21.8. The van der Waals surface area contributed by atoms with E-state index in [1.54, 1.807) is 0 Å². The summed E-state index contributed by atoms with van der Waals surface area (Å²) in [6, 6.07) is 0. The smallest absolute Gasteiger partial charge is 0.378 e. The Balaban J connectivity index is 1.56. The van der Waals surface area contributed by atoms with E-state index < -0.39 is 11.9 Å². The number of nitrogens with zero attached hydrogens (tertiary/aromatic N) is 4. The van der Waals surface area contributed by atoms with Gasteiger partial charge in [0.25, 0.3) is 0 Å². The van der Waals surface area contributed by atoms with E-state index in [0.29, 0.717) is 56.9 Å². The molecule has 0 atom stereocenters. The van der Waals surface area contributed by atoms with E-state index in [1.807, 2.05) is 11.8 Å². The summed E-state index contributed by atoms with van der Waals surface area (Å²) >= 11 is 0.958. The van der Waals surface area contributed by atoms with Gasteiger partial charge in [0.15, 0.2) is 11.7 Å². The molecule has 0 aromatic carbocycles. The second-order valence-electron chi connectivity index (χ2n) is 6.99. The van der Waals surface area contributed by atoms with Gasteiger partial charge in [0.05, 0.1) is 19.8 Å². The number of likely N-dealkylation sites (tertiary alicyclic amines) is 1. The summed E-state index contributed by atoms with van der Waals surface area (Å²) in [5.41, 5.74) is -0.875. The van der Waals surface area contributed by atoms with Crippen LogP contribution in [0.3, 0.4) is 0 Å². The normalized spacial score (nSPS) is 19.5. The van der Waals surface area contributed by atoms with Crippen molar-refractivity contribution in [3.8, 4) is 0 Å². The van der Waals surface area contributed by atoms with Gasteiger partial charge in [-0.2, -0.15) is 13.2 Å². The number of aliphatic imine (C=N–C) groups is 1. The van der Waals surface area contributed by atoms with Crippen LogP contribution in [0.2, 0.25) is 0 Å². The first-order valence-corrected chi connectivity index (χ1v) is 10.7. The molecule has 1 aromatic heterocycles. The molecule has 2 saturated heterocycles. The van der Waals surface area contributed by atoms with Crippen molar-refractivity contribution < 1.29 is 22.7 Å². The summed E-state index contributed by atoms with van der Waals surface area (Å²) in [6.45, 7) is 6.52. The lowest BCUT2D eigenvalue weighted by atomic mass is 9.95. The zero-order valence-electron chi connectivity index (χ0n) is 16.4. The minimum absolute atomic E-state index is 0.000493. The van der Waals surface area contributed by atoms with Gasteiger partial charge in [-0.3, -0.25) is 4.79 Å². The molecule has 1 amide bonds. The van der Waals surface area contributed by atoms with Crippen molar-refractivity contribution in [3.63, 3.8) is 0 Å². The zero-order chi connectivity index (χ0) is 20.9. The molecule has 0 saturated carbocycles. The molecule has 162 valence electrons. The molecule has 3 rings (SSSR count). The summed E-state index contributed by atoms with van der Waals surface area (Å²) in [6.07, 6.45) is -2.97. The second-order valence-corrected chi connectivity index (χ2v) is 7.94. The molecule has 3 heterocycles. The maximum atomic E-state index is 12.7. The highest BCUT2D eigenvalue weighted by molar-refractivity contribution is 7.09. The number of morpholine rings is 1. The van der Waals surface area contributed by atoms with E-state index in [9.17, 15) is 18.0 Å². The number of amides is 1. The van der Waals surface area contributed by atoms with E-state index in [4.69, 9.17) is 4.74 Å². The number of alkyl halides is 3. The monoisotopic (exact) mass is 433 g/mol. The first-order chi connectivity index (χ1) is 13.9. The number of ether oxygens (including phenoxy) is 1. The lowest BCUT2D eigenvalue weighted by Crippen LogP contribution is -2.50. The lowest BCUT2D eigenvalue weighted by Gasteiger charge is -2.36. The van der Waals surface area contributed by atoms with Crippen LogP contribution in [-0.4, -0.2) is 72.6 Å². The molecule has 0 spiro atoms. The van der Waals surface area contributed by atoms with E-state index in [1.165, 1.54) is 0 Å². The Hall–Kier alpha value is -1.88. The van der Waals surface area contributed by atoms with Gasteiger partial charge in [-0.25, -0.2) is 9.98 Å². The Morgan fingerprint density at radius 3 is 2.55 bits per heavy atom. The van der Waals surface area contributed by atoms with Crippen molar-refractivity contribution in [3.05, 3.63) is 16.1 Å². The highest BCUT2D eigenvalue weighted by atomic mass is 32.1. The summed E-state index contributed by atoms with van der Waals surface area (Å²) in [4.78, 5) is 24.7. The maximum Gasteiger partial charge on any atom is 0.434 e. The van der Waals surface area contributed by atoms with Crippen LogP contribution in [0.1, 0.15) is 30.5 Å². The van der Waals surface area contributed by atoms with Crippen LogP contribution >= 0.6 is 11.3 Å². The highest BCUT2D eigenvalue weighted by Crippen LogP contribution is 2.30. The van der Waals surface area contributed by atoms with Gasteiger partial charge in [0.1, 0.15) is 5.01 Å². The SMILES string of the molecule is CCNC(=NCc1nc(C(F)(F)F)cs1)N1CCC(C(=O)N2CCOCC2)CC1. The number of thiazole rings is 1. The molecule has 0 bridgehead atoms. The van der Waals surface area contributed by atoms with E-state index in [0.717, 1.165) is 29.6 Å². The number of halogens is 3. The predicted octanol–water partition coefficient (Wildman–Crippen LogP) is 2.20. The minimum atomic E-state index is -4.43. The fourth-order valence-corrected chi connectivity index (χ4v) is 4.19. The van der Waals surface area contributed by atoms with Gasteiger partial charge in [0.2, 0.25) is 5.91 Å². The second kappa shape index (κ2) is 9.75. The minimum Gasteiger partial charge on any atom is -0.378 e. The Morgan fingerprint density at radius 2 is 1.97 bits per heavy atom. The molecule has 2 aliphatic rings. The first-order valence-electron chi connectivity index (χ1n) is 9.80. The van der Waals surface area contributed by atoms with Crippen molar-refractivity contribution >= 4 is 23.2 Å². The van der Waals surface area contributed by atoms with Gasteiger partial charge in [0, 0.05) is 44.0 Å². The van der Waals surface area contributed by atoms with Gasteiger partial charge < -0.3 is 19.9 Å². The molecule has 1 aromatic rings. The summed E-state index contributed by atoms with van der Waals surface area (Å²) < 4.78 is 43.4. The molecule has 0 aliphatic carbocycles. The van der Waals surface area contributed by atoms with Gasteiger partial charge in [-0.1, -0.05) is 0 Å². The number of rotatable bonds is 4. The largest absolute Gasteiger partial charge is 0.434 e. The number of carbonyl (C=O) groups is 1. The quantitative estimate of drug-likeness (QED) is 0.582. The molecule has 0 unspecified atom stereocenters. The molecule has 0 radical (unpaired) electrons. The number of hydrogen-bond donors (Lipinski definition) is 1. The van der Waals surface area contributed by atoms with Crippen molar-refractivity contribution in [1.29, 1.82) is 0 Å². The van der Waals surface area contributed by atoms with Crippen LogP contribution in [0, 0.1) is 5.92 Å². The Labute approximate surface area is 171 Å². The average Bonchev–Trinajstić information content (AvgIpc) is 3.21.